The summed E-state index contributed by atoms with van der Waals surface area (Å²) >= 11 is 5.50. The van der Waals surface area contributed by atoms with Crippen LogP contribution >= 0.6 is 11.6 Å². The second-order valence-electron chi connectivity index (χ2n) is 3.36. The second kappa shape index (κ2) is 7.47. The van der Waals surface area contributed by atoms with Gasteiger partial charge in [0.1, 0.15) is 5.82 Å². The number of anilines is 1. The van der Waals surface area contributed by atoms with E-state index in [1.54, 1.807) is 6.07 Å². The number of rotatable bonds is 7. The minimum atomic E-state index is -0.211. The molecule has 0 atom stereocenters. The number of hydrogen-bond acceptors (Lipinski definition) is 2. The molecule has 0 aliphatic rings. The monoisotopic (exact) mass is 245 g/mol. The predicted molar refractivity (Wildman–Crippen MR) is 65.8 cm³/mol. The van der Waals surface area contributed by atoms with Gasteiger partial charge >= 0.3 is 0 Å². The first-order chi connectivity index (χ1) is 7.77. The van der Waals surface area contributed by atoms with Crippen LogP contribution in [0.4, 0.5) is 10.1 Å². The molecule has 0 aromatic heterocycles. The quantitative estimate of drug-likeness (QED) is 0.541. The smallest absolute Gasteiger partial charge is 0.125 e. The molecule has 0 aliphatic carbocycles. The molecule has 0 radical (unpaired) electrons. The Morgan fingerprint density at radius 2 is 2.19 bits per heavy atom. The Balaban J connectivity index is 2.47. The molecular weight excluding hydrogens is 229 g/mol. The maximum absolute atomic E-state index is 13.0. The summed E-state index contributed by atoms with van der Waals surface area (Å²) in [6.07, 6.45) is 0. The number of nitrogens with zero attached hydrogens (tertiary/aromatic N) is 1. The molecule has 1 aromatic carbocycles. The van der Waals surface area contributed by atoms with Gasteiger partial charge in [-0.05, 0) is 25.1 Å². The van der Waals surface area contributed by atoms with E-state index in [1.807, 2.05) is 13.0 Å². The van der Waals surface area contributed by atoms with Crippen molar-refractivity contribution in [1.82, 2.24) is 0 Å². The highest BCUT2D eigenvalue weighted by Crippen LogP contribution is 2.14. The van der Waals surface area contributed by atoms with Gasteiger partial charge in [-0.1, -0.05) is 6.07 Å². The fourth-order valence-electron chi connectivity index (χ4n) is 1.47. The molecule has 0 unspecified atom stereocenters. The summed E-state index contributed by atoms with van der Waals surface area (Å²) in [4.78, 5) is 2.07. The Hall–Kier alpha value is -0.800. The van der Waals surface area contributed by atoms with E-state index in [9.17, 15) is 4.39 Å². The summed E-state index contributed by atoms with van der Waals surface area (Å²) in [7, 11) is 0. The third kappa shape index (κ3) is 4.37. The Morgan fingerprint density at radius 1 is 1.38 bits per heavy atom. The minimum absolute atomic E-state index is 0.211. The number of halogens is 2. The van der Waals surface area contributed by atoms with Crippen LogP contribution in [-0.2, 0) is 4.74 Å². The Kier molecular flexibility index (Phi) is 6.19. The van der Waals surface area contributed by atoms with Crippen LogP contribution in [0.2, 0.25) is 0 Å². The normalized spacial score (nSPS) is 10.4. The lowest BCUT2D eigenvalue weighted by molar-refractivity contribution is 0.155. The summed E-state index contributed by atoms with van der Waals surface area (Å²) in [5, 5.41) is 0. The van der Waals surface area contributed by atoms with Gasteiger partial charge < -0.3 is 9.64 Å². The van der Waals surface area contributed by atoms with Gasteiger partial charge in [0.15, 0.2) is 0 Å². The van der Waals surface area contributed by atoms with Crippen molar-refractivity contribution in [2.24, 2.45) is 0 Å². The van der Waals surface area contributed by atoms with E-state index in [0.717, 1.165) is 18.8 Å². The lowest BCUT2D eigenvalue weighted by Gasteiger charge is -2.22. The fraction of sp³-hybridized carbons (Fsp3) is 0.500. The Bertz CT molecular complexity index is 309. The molecular formula is C12H17ClFNO. The van der Waals surface area contributed by atoms with E-state index in [0.29, 0.717) is 19.1 Å². The SMILES string of the molecule is CCN(CCOCCCl)c1cccc(F)c1. The number of hydrogen-bond donors (Lipinski definition) is 0. The first-order valence-corrected chi connectivity index (χ1v) is 5.95. The van der Waals surface area contributed by atoms with Crippen molar-refractivity contribution in [3.05, 3.63) is 30.1 Å². The third-order valence-electron chi connectivity index (χ3n) is 2.28. The van der Waals surface area contributed by atoms with Crippen molar-refractivity contribution in [3.63, 3.8) is 0 Å². The van der Waals surface area contributed by atoms with Crippen LogP contribution in [0.5, 0.6) is 0 Å². The summed E-state index contributed by atoms with van der Waals surface area (Å²) in [5.74, 6) is 0.296. The molecule has 0 N–H and O–H groups in total. The van der Waals surface area contributed by atoms with Gasteiger partial charge in [0.25, 0.3) is 0 Å². The third-order valence-corrected chi connectivity index (χ3v) is 2.44. The van der Waals surface area contributed by atoms with Gasteiger partial charge in [-0.25, -0.2) is 4.39 Å². The molecule has 1 aromatic rings. The topological polar surface area (TPSA) is 12.5 Å². The van der Waals surface area contributed by atoms with Crippen molar-refractivity contribution in [1.29, 1.82) is 0 Å². The van der Waals surface area contributed by atoms with E-state index in [4.69, 9.17) is 16.3 Å². The zero-order valence-corrected chi connectivity index (χ0v) is 10.2. The molecule has 0 bridgehead atoms. The number of benzene rings is 1. The zero-order chi connectivity index (χ0) is 11.8. The summed E-state index contributed by atoms with van der Waals surface area (Å²) in [6.45, 7) is 4.77. The molecule has 0 spiro atoms. The van der Waals surface area contributed by atoms with Gasteiger partial charge in [0.2, 0.25) is 0 Å². The first-order valence-electron chi connectivity index (χ1n) is 5.42. The van der Waals surface area contributed by atoms with Gasteiger partial charge in [-0.15, -0.1) is 11.6 Å². The molecule has 0 saturated heterocycles. The first kappa shape index (κ1) is 13.3. The molecule has 2 nitrogen and oxygen atoms in total. The lowest BCUT2D eigenvalue weighted by atomic mass is 10.3. The molecule has 0 heterocycles. The van der Waals surface area contributed by atoms with Crippen molar-refractivity contribution >= 4 is 17.3 Å². The molecule has 0 aliphatic heterocycles. The average Bonchev–Trinajstić information content (AvgIpc) is 2.29. The van der Waals surface area contributed by atoms with Gasteiger partial charge in [0, 0.05) is 24.7 Å². The van der Waals surface area contributed by atoms with Crippen LogP contribution in [0.25, 0.3) is 0 Å². The fourth-order valence-corrected chi connectivity index (χ4v) is 1.58. The molecule has 0 saturated carbocycles. The van der Waals surface area contributed by atoms with Gasteiger partial charge in [0.05, 0.1) is 13.2 Å². The van der Waals surface area contributed by atoms with Crippen LogP contribution in [0.15, 0.2) is 24.3 Å². The standard InChI is InChI=1S/C12H17ClFNO/c1-2-15(7-9-16-8-6-13)12-5-3-4-11(14)10-12/h3-5,10H,2,6-9H2,1H3. The molecule has 90 valence electrons. The number of ether oxygens (including phenoxy) is 1. The highest BCUT2D eigenvalue weighted by molar-refractivity contribution is 6.17. The van der Waals surface area contributed by atoms with E-state index >= 15 is 0 Å². The van der Waals surface area contributed by atoms with E-state index in [1.165, 1.54) is 12.1 Å². The van der Waals surface area contributed by atoms with Crippen molar-refractivity contribution in [2.45, 2.75) is 6.92 Å². The summed E-state index contributed by atoms with van der Waals surface area (Å²) in [6, 6.07) is 6.59. The highest BCUT2D eigenvalue weighted by atomic mass is 35.5. The molecule has 1 rings (SSSR count). The van der Waals surface area contributed by atoms with Crippen LogP contribution in [0, 0.1) is 5.82 Å². The number of likely N-dealkylation sites (N-methyl/N-ethyl adjacent to an activating group) is 1. The average molecular weight is 246 g/mol. The lowest BCUT2D eigenvalue weighted by Crippen LogP contribution is -2.27. The van der Waals surface area contributed by atoms with Gasteiger partial charge in [-0.2, -0.15) is 0 Å². The Morgan fingerprint density at radius 3 is 2.81 bits per heavy atom. The molecule has 0 fully saturated rings. The molecule has 16 heavy (non-hydrogen) atoms. The minimum Gasteiger partial charge on any atom is -0.378 e. The number of alkyl halides is 1. The van der Waals surface area contributed by atoms with Crippen molar-refractivity contribution in [2.75, 3.05) is 37.1 Å². The van der Waals surface area contributed by atoms with E-state index < -0.39 is 0 Å². The van der Waals surface area contributed by atoms with Crippen molar-refractivity contribution in [3.8, 4) is 0 Å². The van der Waals surface area contributed by atoms with Gasteiger partial charge in [-0.3, -0.25) is 0 Å². The summed E-state index contributed by atoms with van der Waals surface area (Å²) in [5.41, 5.74) is 0.886. The second-order valence-corrected chi connectivity index (χ2v) is 3.74. The maximum Gasteiger partial charge on any atom is 0.125 e. The maximum atomic E-state index is 13.0. The van der Waals surface area contributed by atoms with Crippen LogP contribution in [0.3, 0.4) is 0 Å². The predicted octanol–water partition coefficient (Wildman–Crippen LogP) is 2.91. The van der Waals surface area contributed by atoms with Crippen LogP contribution < -0.4 is 4.90 Å². The summed E-state index contributed by atoms with van der Waals surface area (Å²) < 4.78 is 18.3. The zero-order valence-electron chi connectivity index (χ0n) is 9.46. The molecule has 0 amide bonds. The Labute approximate surface area is 101 Å². The largest absolute Gasteiger partial charge is 0.378 e. The van der Waals surface area contributed by atoms with Crippen LogP contribution in [0.1, 0.15) is 6.92 Å². The highest BCUT2D eigenvalue weighted by Gasteiger charge is 2.04. The van der Waals surface area contributed by atoms with Crippen molar-refractivity contribution < 1.29 is 9.13 Å². The molecule has 4 heteroatoms. The van der Waals surface area contributed by atoms with E-state index in [-0.39, 0.29) is 5.82 Å². The van der Waals surface area contributed by atoms with Crippen LogP contribution in [-0.4, -0.2) is 32.2 Å². The van der Waals surface area contributed by atoms with E-state index in [2.05, 4.69) is 4.90 Å².